The van der Waals surface area contributed by atoms with Gasteiger partial charge in [0.1, 0.15) is 0 Å². The highest BCUT2D eigenvalue weighted by Crippen LogP contribution is 2.29. The van der Waals surface area contributed by atoms with E-state index in [-0.39, 0.29) is 0 Å². The summed E-state index contributed by atoms with van der Waals surface area (Å²) in [6.45, 7) is 19.8. The zero-order valence-electron chi connectivity index (χ0n) is 14.2. The molecule has 0 rings (SSSR count). The number of hydrogen-bond donors (Lipinski definition) is 1. The van der Waals surface area contributed by atoms with Crippen molar-refractivity contribution >= 4 is 0 Å². The third-order valence-corrected chi connectivity index (χ3v) is 3.38. The van der Waals surface area contributed by atoms with Crippen LogP contribution in [0.25, 0.3) is 0 Å². The number of hydrogen-bond acceptors (Lipinski definition) is 1. The minimum atomic E-state index is 0.459. The Morgan fingerprint density at radius 3 is 1.89 bits per heavy atom. The molecule has 1 N–H and O–H groups in total. The van der Waals surface area contributed by atoms with E-state index >= 15 is 0 Å². The highest BCUT2D eigenvalue weighted by molar-refractivity contribution is 4.75. The third-order valence-electron chi connectivity index (χ3n) is 3.38. The Morgan fingerprint density at radius 2 is 1.50 bits per heavy atom. The first kappa shape index (κ1) is 18.0. The minimum absolute atomic E-state index is 0.459. The van der Waals surface area contributed by atoms with Crippen LogP contribution in [-0.4, -0.2) is 12.6 Å². The monoisotopic (exact) mass is 255 g/mol. The Bertz CT molecular complexity index is 207. The lowest BCUT2D eigenvalue weighted by molar-refractivity contribution is 0.256. The molecule has 0 saturated heterocycles. The summed E-state index contributed by atoms with van der Waals surface area (Å²) in [6, 6.07) is 0.701. The highest BCUT2D eigenvalue weighted by Gasteiger charge is 2.20. The maximum atomic E-state index is 3.67. The number of nitrogens with one attached hydrogen (secondary N) is 1. The van der Waals surface area contributed by atoms with E-state index in [1.54, 1.807) is 0 Å². The summed E-state index contributed by atoms with van der Waals surface area (Å²) in [5.41, 5.74) is 0.918. The molecule has 18 heavy (non-hydrogen) atoms. The van der Waals surface area contributed by atoms with Crippen molar-refractivity contribution < 1.29 is 0 Å². The van der Waals surface area contributed by atoms with Gasteiger partial charge in [0.25, 0.3) is 0 Å². The Morgan fingerprint density at radius 1 is 0.944 bits per heavy atom. The van der Waals surface area contributed by atoms with Gasteiger partial charge in [-0.15, -0.1) is 0 Å². The molecular weight excluding hydrogens is 218 g/mol. The van der Waals surface area contributed by atoms with E-state index in [4.69, 9.17) is 0 Å². The Hall–Kier alpha value is -0.0400. The van der Waals surface area contributed by atoms with Crippen LogP contribution in [0.1, 0.15) is 81.1 Å². The van der Waals surface area contributed by atoms with Crippen LogP contribution in [0.4, 0.5) is 0 Å². The van der Waals surface area contributed by atoms with Crippen molar-refractivity contribution in [3.05, 3.63) is 0 Å². The van der Waals surface area contributed by atoms with Gasteiger partial charge in [-0.2, -0.15) is 0 Å². The predicted octanol–water partition coefficient (Wildman–Crippen LogP) is 5.25. The van der Waals surface area contributed by atoms with Crippen LogP contribution in [0.2, 0.25) is 0 Å². The second-order valence-corrected chi connectivity index (χ2v) is 8.46. The molecule has 0 bridgehead atoms. The molecule has 0 aromatic rings. The summed E-state index contributed by atoms with van der Waals surface area (Å²) >= 11 is 0. The van der Waals surface area contributed by atoms with Crippen molar-refractivity contribution in [2.45, 2.75) is 87.1 Å². The summed E-state index contributed by atoms with van der Waals surface area (Å²) in [6.07, 6.45) is 5.27. The largest absolute Gasteiger partial charge is 0.314 e. The molecule has 0 aromatic carbocycles. The Kier molecular flexibility index (Phi) is 7.51. The van der Waals surface area contributed by atoms with Gasteiger partial charge in [0.15, 0.2) is 0 Å². The average molecular weight is 255 g/mol. The van der Waals surface area contributed by atoms with E-state index < -0.39 is 0 Å². The molecule has 0 aromatic heterocycles. The average Bonchev–Trinajstić information content (AvgIpc) is 2.10. The molecule has 0 amide bonds. The van der Waals surface area contributed by atoms with Gasteiger partial charge in [-0.05, 0) is 49.0 Å². The molecule has 0 aliphatic rings. The molecule has 1 heteroatoms. The zero-order chi connectivity index (χ0) is 14.4. The lowest BCUT2D eigenvalue weighted by atomic mass is 9.81. The van der Waals surface area contributed by atoms with Crippen LogP contribution >= 0.6 is 0 Å². The molecule has 0 heterocycles. The molecule has 0 radical (unpaired) electrons. The fraction of sp³-hybridized carbons (Fsp3) is 1.00. The highest BCUT2D eigenvalue weighted by atomic mass is 14.9. The molecule has 0 aliphatic carbocycles. The first-order valence-electron chi connectivity index (χ1n) is 7.77. The molecule has 0 aliphatic heterocycles. The minimum Gasteiger partial charge on any atom is -0.314 e. The van der Waals surface area contributed by atoms with Crippen molar-refractivity contribution in [1.29, 1.82) is 0 Å². The van der Waals surface area contributed by atoms with Crippen LogP contribution in [-0.2, 0) is 0 Å². The van der Waals surface area contributed by atoms with Crippen LogP contribution in [0.5, 0.6) is 0 Å². The van der Waals surface area contributed by atoms with Gasteiger partial charge in [0.2, 0.25) is 0 Å². The molecule has 0 spiro atoms. The van der Waals surface area contributed by atoms with E-state index in [1.807, 2.05) is 0 Å². The standard InChI is InChI=1S/C17H37N/c1-9-18-15(10-11-16(3,4)5)12-14(2)13-17(6,7)8/h14-15,18H,9-13H2,1-8H3. The molecular formula is C17H37N. The van der Waals surface area contributed by atoms with Gasteiger partial charge in [-0.3, -0.25) is 0 Å². The summed E-state index contributed by atoms with van der Waals surface area (Å²) in [4.78, 5) is 0. The topological polar surface area (TPSA) is 12.0 Å². The quantitative estimate of drug-likeness (QED) is 0.655. The summed E-state index contributed by atoms with van der Waals surface area (Å²) in [7, 11) is 0. The van der Waals surface area contributed by atoms with E-state index in [2.05, 4.69) is 60.7 Å². The van der Waals surface area contributed by atoms with E-state index in [1.165, 1.54) is 25.7 Å². The van der Waals surface area contributed by atoms with Crippen LogP contribution in [0.3, 0.4) is 0 Å². The third kappa shape index (κ3) is 11.1. The maximum absolute atomic E-state index is 3.67. The van der Waals surface area contributed by atoms with Crippen molar-refractivity contribution in [2.75, 3.05) is 6.54 Å². The van der Waals surface area contributed by atoms with Gasteiger partial charge < -0.3 is 5.32 Å². The molecule has 0 saturated carbocycles. The summed E-state index contributed by atoms with van der Waals surface area (Å²) in [5, 5.41) is 3.67. The van der Waals surface area contributed by atoms with Crippen molar-refractivity contribution in [2.24, 2.45) is 16.7 Å². The van der Waals surface area contributed by atoms with E-state index in [9.17, 15) is 0 Å². The lowest BCUT2D eigenvalue weighted by Gasteiger charge is -2.29. The summed E-state index contributed by atoms with van der Waals surface area (Å²) in [5.74, 6) is 0.814. The van der Waals surface area contributed by atoms with Gasteiger partial charge in [-0.25, -0.2) is 0 Å². The lowest BCUT2D eigenvalue weighted by Crippen LogP contribution is -2.32. The van der Waals surface area contributed by atoms with Crippen LogP contribution < -0.4 is 5.32 Å². The smallest absolute Gasteiger partial charge is 0.00696 e. The second-order valence-electron chi connectivity index (χ2n) is 8.46. The fourth-order valence-corrected chi connectivity index (χ4v) is 2.81. The van der Waals surface area contributed by atoms with Gasteiger partial charge in [0, 0.05) is 6.04 Å². The SMILES string of the molecule is CCNC(CCC(C)(C)C)CC(C)CC(C)(C)C. The molecule has 2 atom stereocenters. The van der Waals surface area contributed by atoms with Crippen molar-refractivity contribution in [3.8, 4) is 0 Å². The number of rotatable bonds is 7. The fourth-order valence-electron chi connectivity index (χ4n) is 2.81. The van der Waals surface area contributed by atoms with Crippen molar-refractivity contribution in [3.63, 3.8) is 0 Å². The normalized spacial score (nSPS) is 16.7. The van der Waals surface area contributed by atoms with Gasteiger partial charge in [0.05, 0.1) is 0 Å². The maximum Gasteiger partial charge on any atom is 0.00696 e. The van der Waals surface area contributed by atoms with Crippen molar-refractivity contribution in [1.82, 2.24) is 5.32 Å². The summed E-state index contributed by atoms with van der Waals surface area (Å²) < 4.78 is 0. The zero-order valence-corrected chi connectivity index (χ0v) is 14.2. The van der Waals surface area contributed by atoms with Crippen LogP contribution in [0, 0.1) is 16.7 Å². The van der Waals surface area contributed by atoms with E-state index in [0.29, 0.717) is 16.9 Å². The molecule has 110 valence electrons. The Labute approximate surface area is 116 Å². The van der Waals surface area contributed by atoms with Gasteiger partial charge >= 0.3 is 0 Å². The first-order valence-corrected chi connectivity index (χ1v) is 7.77. The molecule has 2 unspecified atom stereocenters. The van der Waals surface area contributed by atoms with Gasteiger partial charge in [-0.1, -0.05) is 55.4 Å². The van der Waals surface area contributed by atoms with E-state index in [0.717, 1.165) is 12.5 Å². The predicted molar refractivity (Wildman–Crippen MR) is 84.0 cm³/mol. The Balaban J connectivity index is 4.18. The first-order chi connectivity index (χ1) is 8.03. The molecule has 0 fully saturated rings. The molecule has 1 nitrogen and oxygen atoms in total. The van der Waals surface area contributed by atoms with Crippen LogP contribution in [0.15, 0.2) is 0 Å². The second kappa shape index (κ2) is 7.53.